The zero-order valence-electron chi connectivity index (χ0n) is 21.4. The summed E-state index contributed by atoms with van der Waals surface area (Å²) in [6.07, 6.45) is 8.45. The summed E-state index contributed by atoms with van der Waals surface area (Å²) in [7, 11) is 2.21. The van der Waals surface area contributed by atoms with E-state index in [1.165, 1.54) is 25.9 Å². The van der Waals surface area contributed by atoms with Crippen molar-refractivity contribution in [1.29, 1.82) is 0 Å². The fourth-order valence-electron chi connectivity index (χ4n) is 6.05. The number of nitrogens with two attached hydrogens (primary N) is 1. The molecule has 3 heterocycles. The molecule has 0 bridgehead atoms. The lowest BCUT2D eigenvalue weighted by atomic mass is 9.89. The second kappa shape index (κ2) is 10.1. The Labute approximate surface area is 217 Å². The van der Waals surface area contributed by atoms with E-state index < -0.39 is 0 Å². The van der Waals surface area contributed by atoms with Crippen molar-refractivity contribution in [3.63, 3.8) is 0 Å². The summed E-state index contributed by atoms with van der Waals surface area (Å²) >= 11 is 0. The van der Waals surface area contributed by atoms with Gasteiger partial charge in [0.25, 0.3) is 0 Å². The molecule has 0 radical (unpaired) electrons. The third-order valence-corrected chi connectivity index (χ3v) is 8.25. The summed E-state index contributed by atoms with van der Waals surface area (Å²) in [6, 6.07) is 18.3. The van der Waals surface area contributed by atoms with E-state index in [1.54, 1.807) is 6.33 Å². The number of anilines is 1. The van der Waals surface area contributed by atoms with Crippen LogP contribution >= 0.6 is 0 Å². The Morgan fingerprint density at radius 1 is 0.838 bits per heavy atom. The maximum absolute atomic E-state index is 12.9. The highest BCUT2D eigenvalue weighted by Gasteiger charge is 2.30. The Bertz CT molecular complexity index is 1380. The Morgan fingerprint density at radius 2 is 1.49 bits per heavy atom. The van der Waals surface area contributed by atoms with Gasteiger partial charge in [-0.25, -0.2) is 9.97 Å². The van der Waals surface area contributed by atoms with Crippen LogP contribution in [0.4, 0.5) is 5.82 Å². The quantitative estimate of drug-likeness (QED) is 0.407. The number of likely N-dealkylation sites (N-methyl/N-ethyl adjacent to an activating group) is 1. The van der Waals surface area contributed by atoms with Gasteiger partial charge >= 0.3 is 0 Å². The standard InChI is InChI=1S/C30H34N6O/c1-34-15-17-35(18-16-34)24-11-13-25(14-12-24)36-19-26(27-29(31)32-20-33-30(27)36)21-7-9-23(10-8-21)28(37)22-5-3-2-4-6-22/h2-10,19-20,24-25H,11-18H2,1H3,(H2,31,32,33). The van der Waals surface area contributed by atoms with Gasteiger partial charge in [-0.1, -0.05) is 54.6 Å². The van der Waals surface area contributed by atoms with E-state index >= 15 is 0 Å². The van der Waals surface area contributed by atoms with Gasteiger partial charge in [0.2, 0.25) is 0 Å². The molecule has 0 amide bonds. The highest BCUT2D eigenvalue weighted by Crippen LogP contribution is 2.39. The number of rotatable bonds is 5. The molecule has 0 spiro atoms. The molecular formula is C30H34N6O. The molecule has 190 valence electrons. The molecule has 0 unspecified atom stereocenters. The van der Waals surface area contributed by atoms with Crippen LogP contribution in [0.15, 0.2) is 67.1 Å². The summed E-state index contributed by atoms with van der Waals surface area (Å²) in [5.74, 6) is 0.517. The Morgan fingerprint density at radius 3 is 2.19 bits per heavy atom. The van der Waals surface area contributed by atoms with Crippen LogP contribution in [0.3, 0.4) is 0 Å². The van der Waals surface area contributed by atoms with Gasteiger partial charge in [0.1, 0.15) is 17.8 Å². The molecule has 7 nitrogen and oxygen atoms in total. The number of hydrogen-bond acceptors (Lipinski definition) is 6. The molecule has 1 saturated heterocycles. The fourth-order valence-corrected chi connectivity index (χ4v) is 6.05. The van der Waals surface area contributed by atoms with Crippen LogP contribution in [0.1, 0.15) is 47.6 Å². The lowest BCUT2D eigenvalue weighted by molar-refractivity contribution is 0.0828. The first-order valence-electron chi connectivity index (χ1n) is 13.3. The third-order valence-electron chi connectivity index (χ3n) is 8.25. The largest absolute Gasteiger partial charge is 0.383 e. The smallest absolute Gasteiger partial charge is 0.193 e. The summed E-state index contributed by atoms with van der Waals surface area (Å²) in [5, 5.41) is 0.894. The number of ketones is 1. The van der Waals surface area contributed by atoms with Crippen molar-refractivity contribution < 1.29 is 4.79 Å². The second-order valence-electron chi connectivity index (χ2n) is 10.5. The van der Waals surface area contributed by atoms with Crippen molar-refractivity contribution in [2.24, 2.45) is 0 Å². The van der Waals surface area contributed by atoms with Gasteiger partial charge in [0, 0.05) is 61.1 Å². The van der Waals surface area contributed by atoms with Crippen LogP contribution in [0, 0.1) is 0 Å². The predicted molar refractivity (Wildman–Crippen MR) is 148 cm³/mol. The van der Waals surface area contributed by atoms with E-state index in [4.69, 9.17) is 5.73 Å². The fraction of sp³-hybridized carbons (Fsp3) is 0.367. The van der Waals surface area contributed by atoms with Gasteiger partial charge < -0.3 is 15.2 Å². The lowest BCUT2D eigenvalue weighted by Gasteiger charge is -2.41. The minimum Gasteiger partial charge on any atom is -0.383 e. The monoisotopic (exact) mass is 494 g/mol. The van der Waals surface area contributed by atoms with Crippen LogP contribution in [-0.2, 0) is 0 Å². The second-order valence-corrected chi connectivity index (χ2v) is 10.5. The van der Waals surface area contributed by atoms with E-state index in [1.807, 2.05) is 54.6 Å². The molecule has 1 aliphatic carbocycles. The number of aromatic nitrogens is 3. The number of fused-ring (bicyclic) bond motifs is 1. The SMILES string of the molecule is CN1CCN(C2CCC(n3cc(-c4ccc(C(=O)c5ccccc5)cc4)c4c(N)ncnc43)CC2)CC1. The van der Waals surface area contributed by atoms with Gasteiger partial charge in [-0.3, -0.25) is 9.69 Å². The molecule has 6 rings (SSSR count). The van der Waals surface area contributed by atoms with Gasteiger partial charge in [-0.05, 0) is 38.3 Å². The molecule has 0 atom stereocenters. The maximum Gasteiger partial charge on any atom is 0.193 e. The topological polar surface area (TPSA) is 80.3 Å². The van der Waals surface area contributed by atoms with Crippen LogP contribution in [0.2, 0.25) is 0 Å². The molecule has 4 aromatic rings. The molecule has 2 aliphatic rings. The molecular weight excluding hydrogens is 460 g/mol. The highest BCUT2D eigenvalue weighted by molar-refractivity contribution is 6.09. The van der Waals surface area contributed by atoms with Crippen molar-refractivity contribution in [1.82, 2.24) is 24.3 Å². The molecule has 2 N–H and O–H groups in total. The Hall–Kier alpha value is -3.55. The average molecular weight is 495 g/mol. The van der Waals surface area contributed by atoms with Crippen molar-refractivity contribution >= 4 is 22.6 Å². The molecule has 1 aliphatic heterocycles. The van der Waals surface area contributed by atoms with Gasteiger partial charge in [0.05, 0.1) is 5.39 Å². The van der Waals surface area contributed by atoms with E-state index in [2.05, 4.69) is 37.6 Å². The van der Waals surface area contributed by atoms with Crippen molar-refractivity contribution in [3.8, 4) is 11.1 Å². The minimum absolute atomic E-state index is 0.0227. The first-order valence-corrected chi connectivity index (χ1v) is 13.3. The highest BCUT2D eigenvalue weighted by atomic mass is 16.1. The number of nitrogen functional groups attached to an aromatic ring is 1. The summed E-state index contributed by atoms with van der Waals surface area (Å²) in [6.45, 7) is 4.68. The van der Waals surface area contributed by atoms with E-state index in [0.717, 1.165) is 48.1 Å². The van der Waals surface area contributed by atoms with E-state index in [9.17, 15) is 4.79 Å². The van der Waals surface area contributed by atoms with E-state index in [-0.39, 0.29) is 5.78 Å². The van der Waals surface area contributed by atoms with Crippen LogP contribution in [0.25, 0.3) is 22.2 Å². The van der Waals surface area contributed by atoms with E-state index in [0.29, 0.717) is 29.0 Å². The van der Waals surface area contributed by atoms with Crippen LogP contribution in [0.5, 0.6) is 0 Å². The zero-order chi connectivity index (χ0) is 25.4. The Kier molecular flexibility index (Phi) is 6.49. The van der Waals surface area contributed by atoms with Crippen LogP contribution < -0.4 is 5.73 Å². The first-order chi connectivity index (χ1) is 18.1. The molecule has 2 aromatic heterocycles. The van der Waals surface area contributed by atoms with Gasteiger partial charge in [0.15, 0.2) is 5.78 Å². The molecule has 2 aromatic carbocycles. The normalized spacial score (nSPS) is 21.3. The summed E-state index contributed by atoms with van der Waals surface area (Å²) in [4.78, 5) is 27.0. The minimum atomic E-state index is 0.0227. The number of benzene rings is 2. The van der Waals surface area contributed by atoms with Crippen molar-refractivity contribution in [2.45, 2.75) is 37.8 Å². The average Bonchev–Trinajstić information content (AvgIpc) is 3.35. The molecule has 2 fully saturated rings. The van der Waals surface area contributed by atoms with Crippen LogP contribution in [-0.4, -0.2) is 69.4 Å². The third kappa shape index (κ3) is 4.65. The Balaban J connectivity index is 1.26. The van der Waals surface area contributed by atoms with Gasteiger partial charge in [-0.2, -0.15) is 0 Å². The lowest BCUT2D eigenvalue weighted by Crippen LogP contribution is -2.49. The number of nitrogens with zero attached hydrogens (tertiary/aromatic N) is 5. The summed E-state index contributed by atoms with van der Waals surface area (Å²) in [5.41, 5.74) is 10.7. The first kappa shape index (κ1) is 23.8. The van der Waals surface area contributed by atoms with Gasteiger partial charge in [-0.15, -0.1) is 0 Å². The predicted octanol–water partition coefficient (Wildman–Crippen LogP) is 4.64. The number of piperazine rings is 1. The molecule has 1 saturated carbocycles. The number of carbonyl (C=O) groups is 1. The molecule has 7 heteroatoms. The number of hydrogen-bond donors (Lipinski definition) is 1. The van der Waals surface area contributed by atoms with Crippen molar-refractivity contribution in [3.05, 3.63) is 78.2 Å². The summed E-state index contributed by atoms with van der Waals surface area (Å²) < 4.78 is 2.33. The van der Waals surface area contributed by atoms with Crippen molar-refractivity contribution in [2.75, 3.05) is 39.0 Å². The number of carbonyl (C=O) groups excluding carboxylic acids is 1. The molecule has 37 heavy (non-hydrogen) atoms. The maximum atomic E-state index is 12.9. The zero-order valence-corrected chi connectivity index (χ0v) is 21.4.